The van der Waals surface area contributed by atoms with Crippen LogP contribution in [0.3, 0.4) is 0 Å². The second kappa shape index (κ2) is 5.32. The van der Waals surface area contributed by atoms with Crippen molar-refractivity contribution < 1.29 is 4.79 Å². The molecule has 0 radical (unpaired) electrons. The van der Waals surface area contributed by atoms with Gasteiger partial charge in [0.1, 0.15) is 6.04 Å². The first kappa shape index (κ1) is 12.3. The number of benzene rings is 1. The molecule has 0 heterocycles. The van der Waals surface area contributed by atoms with Crippen LogP contribution in [0.2, 0.25) is 0 Å². The number of hydrogen-bond donors (Lipinski definition) is 0. The highest BCUT2D eigenvalue weighted by atomic mass is 16.2. The lowest BCUT2D eigenvalue weighted by Gasteiger charge is -2.23. The van der Waals surface area contributed by atoms with Gasteiger partial charge in [-0.3, -0.25) is 4.79 Å². The lowest BCUT2D eigenvalue weighted by molar-refractivity contribution is -0.130. The van der Waals surface area contributed by atoms with Crippen molar-refractivity contribution in [1.29, 1.82) is 5.26 Å². The minimum Gasteiger partial charge on any atom is -0.326 e. The fourth-order valence-corrected chi connectivity index (χ4v) is 1.65. The normalized spacial score (nSPS) is 11.6. The third-order valence-corrected chi connectivity index (χ3v) is 2.69. The average Bonchev–Trinajstić information content (AvgIpc) is 2.31. The maximum absolute atomic E-state index is 11.6. The number of rotatable bonds is 3. The van der Waals surface area contributed by atoms with E-state index in [1.165, 1.54) is 4.90 Å². The van der Waals surface area contributed by atoms with Gasteiger partial charge in [0, 0.05) is 13.5 Å². The van der Waals surface area contributed by atoms with Crippen molar-refractivity contribution in [3.63, 3.8) is 0 Å². The van der Waals surface area contributed by atoms with Crippen molar-refractivity contribution >= 4 is 5.91 Å². The zero-order chi connectivity index (χ0) is 12.1. The van der Waals surface area contributed by atoms with Gasteiger partial charge in [-0.15, -0.1) is 0 Å². The van der Waals surface area contributed by atoms with Crippen molar-refractivity contribution in [3.05, 3.63) is 35.4 Å². The Morgan fingerprint density at radius 2 is 2.12 bits per heavy atom. The molecule has 0 saturated carbocycles. The first-order chi connectivity index (χ1) is 7.61. The van der Waals surface area contributed by atoms with Crippen LogP contribution in [0.25, 0.3) is 0 Å². The maximum Gasteiger partial charge on any atom is 0.223 e. The molecule has 0 aliphatic carbocycles. The molecule has 3 nitrogen and oxygen atoms in total. The number of hydrogen-bond acceptors (Lipinski definition) is 2. The average molecular weight is 216 g/mol. The third-order valence-electron chi connectivity index (χ3n) is 2.69. The van der Waals surface area contributed by atoms with Crippen LogP contribution in [0.5, 0.6) is 0 Å². The van der Waals surface area contributed by atoms with E-state index in [4.69, 9.17) is 0 Å². The van der Waals surface area contributed by atoms with Crippen LogP contribution in [0.1, 0.15) is 30.5 Å². The molecule has 0 N–H and O–H groups in total. The maximum atomic E-state index is 11.6. The molecule has 1 rings (SSSR count). The van der Waals surface area contributed by atoms with Gasteiger partial charge in [0.05, 0.1) is 6.07 Å². The van der Waals surface area contributed by atoms with E-state index in [2.05, 4.69) is 6.07 Å². The molecule has 0 spiro atoms. The van der Waals surface area contributed by atoms with Gasteiger partial charge in [-0.25, -0.2) is 0 Å². The lowest BCUT2D eigenvalue weighted by Crippen LogP contribution is -2.30. The van der Waals surface area contributed by atoms with E-state index >= 15 is 0 Å². The Morgan fingerprint density at radius 1 is 1.50 bits per heavy atom. The Hall–Kier alpha value is -1.82. The first-order valence-corrected chi connectivity index (χ1v) is 5.32. The summed E-state index contributed by atoms with van der Waals surface area (Å²) in [4.78, 5) is 13.1. The molecular formula is C13H16N2O. The van der Waals surface area contributed by atoms with Crippen molar-refractivity contribution in [3.8, 4) is 6.07 Å². The summed E-state index contributed by atoms with van der Waals surface area (Å²) in [5.74, 6) is -0.0187. The van der Waals surface area contributed by atoms with Gasteiger partial charge in [0.15, 0.2) is 0 Å². The largest absolute Gasteiger partial charge is 0.326 e. The monoisotopic (exact) mass is 216 g/mol. The van der Waals surface area contributed by atoms with Crippen LogP contribution in [-0.2, 0) is 4.79 Å². The smallest absolute Gasteiger partial charge is 0.223 e. The number of carbonyl (C=O) groups is 1. The molecule has 0 aliphatic heterocycles. The molecule has 1 atom stereocenters. The fourth-order valence-electron chi connectivity index (χ4n) is 1.65. The second-order valence-electron chi connectivity index (χ2n) is 3.75. The predicted octanol–water partition coefficient (Wildman–Crippen LogP) is 2.43. The SMILES string of the molecule is CCC(=O)N(C)C(C#N)c1ccccc1C. The summed E-state index contributed by atoms with van der Waals surface area (Å²) in [5.41, 5.74) is 1.93. The molecule has 0 saturated heterocycles. The van der Waals surface area contributed by atoms with Crippen molar-refractivity contribution in [2.75, 3.05) is 7.05 Å². The van der Waals surface area contributed by atoms with Gasteiger partial charge in [-0.1, -0.05) is 31.2 Å². The van der Waals surface area contributed by atoms with Gasteiger partial charge in [-0.05, 0) is 18.1 Å². The van der Waals surface area contributed by atoms with Gasteiger partial charge >= 0.3 is 0 Å². The molecule has 3 heteroatoms. The van der Waals surface area contributed by atoms with Crippen molar-refractivity contribution in [2.24, 2.45) is 0 Å². The van der Waals surface area contributed by atoms with Crippen LogP contribution in [0.15, 0.2) is 24.3 Å². The highest BCUT2D eigenvalue weighted by molar-refractivity contribution is 5.76. The topological polar surface area (TPSA) is 44.1 Å². The van der Waals surface area contributed by atoms with E-state index in [1.807, 2.05) is 31.2 Å². The Labute approximate surface area is 96.3 Å². The van der Waals surface area contributed by atoms with E-state index in [0.717, 1.165) is 11.1 Å². The molecule has 0 aromatic heterocycles. The second-order valence-corrected chi connectivity index (χ2v) is 3.75. The summed E-state index contributed by atoms with van der Waals surface area (Å²) < 4.78 is 0. The molecule has 84 valence electrons. The molecule has 1 aromatic carbocycles. The molecule has 0 bridgehead atoms. The van der Waals surface area contributed by atoms with E-state index < -0.39 is 6.04 Å². The highest BCUT2D eigenvalue weighted by Crippen LogP contribution is 2.22. The Morgan fingerprint density at radius 3 is 2.62 bits per heavy atom. The first-order valence-electron chi connectivity index (χ1n) is 5.32. The van der Waals surface area contributed by atoms with Crippen LogP contribution < -0.4 is 0 Å². The summed E-state index contributed by atoms with van der Waals surface area (Å²) in [7, 11) is 1.67. The van der Waals surface area contributed by atoms with Gasteiger partial charge in [0.2, 0.25) is 5.91 Å². The number of amides is 1. The summed E-state index contributed by atoms with van der Waals surface area (Å²) in [6.07, 6.45) is 0.417. The molecular weight excluding hydrogens is 200 g/mol. The highest BCUT2D eigenvalue weighted by Gasteiger charge is 2.21. The molecule has 1 unspecified atom stereocenters. The van der Waals surface area contributed by atoms with Gasteiger partial charge in [0.25, 0.3) is 0 Å². The van der Waals surface area contributed by atoms with Crippen LogP contribution in [-0.4, -0.2) is 17.9 Å². The summed E-state index contributed by atoms with van der Waals surface area (Å²) in [5, 5.41) is 9.17. The molecule has 0 fully saturated rings. The predicted molar refractivity (Wildman–Crippen MR) is 62.6 cm³/mol. The molecule has 0 aliphatic rings. The quantitative estimate of drug-likeness (QED) is 0.778. The number of carbonyl (C=O) groups excluding carboxylic acids is 1. The third kappa shape index (κ3) is 2.40. The minimum atomic E-state index is -0.492. The van der Waals surface area contributed by atoms with E-state index in [9.17, 15) is 10.1 Å². The van der Waals surface area contributed by atoms with Gasteiger partial charge < -0.3 is 4.90 Å². The van der Waals surface area contributed by atoms with Crippen LogP contribution in [0, 0.1) is 18.3 Å². The summed E-state index contributed by atoms with van der Waals surface area (Å²) in [6, 6.07) is 9.34. The zero-order valence-electron chi connectivity index (χ0n) is 9.90. The standard InChI is InChI=1S/C13H16N2O/c1-4-13(16)15(3)12(9-14)11-8-6-5-7-10(11)2/h5-8,12H,4H2,1-3H3. The molecule has 16 heavy (non-hydrogen) atoms. The molecule has 1 amide bonds. The fraction of sp³-hybridized carbons (Fsp3) is 0.385. The van der Waals surface area contributed by atoms with Crippen molar-refractivity contribution in [1.82, 2.24) is 4.90 Å². The zero-order valence-corrected chi connectivity index (χ0v) is 9.90. The molecule has 1 aromatic rings. The van der Waals surface area contributed by atoms with Gasteiger partial charge in [-0.2, -0.15) is 5.26 Å². The van der Waals surface area contributed by atoms with E-state index in [-0.39, 0.29) is 5.91 Å². The summed E-state index contributed by atoms with van der Waals surface area (Å²) >= 11 is 0. The summed E-state index contributed by atoms with van der Waals surface area (Å²) in [6.45, 7) is 3.75. The van der Waals surface area contributed by atoms with Crippen LogP contribution in [0.4, 0.5) is 0 Å². The van der Waals surface area contributed by atoms with Crippen LogP contribution >= 0.6 is 0 Å². The Kier molecular flexibility index (Phi) is 4.07. The minimum absolute atomic E-state index is 0.0187. The number of nitrogens with zero attached hydrogens (tertiary/aromatic N) is 2. The Balaban J connectivity index is 3.05. The number of nitriles is 1. The Bertz CT molecular complexity index is 420. The lowest BCUT2D eigenvalue weighted by atomic mass is 10.0. The van der Waals surface area contributed by atoms with Crippen molar-refractivity contribution in [2.45, 2.75) is 26.3 Å². The van der Waals surface area contributed by atoms with E-state index in [1.54, 1.807) is 14.0 Å². The van der Waals surface area contributed by atoms with E-state index in [0.29, 0.717) is 6.42 Å². The number of aryl methyl sites for hydroxylation is 1.